The number of nitrogens with zero attached hydrogens (tertiary/aromatic N) is 2. The van der Waals surface area contributed by atoms with Crippen molar-refractivity contribution < 1.29 is 28.0 Å². The Morgan fingerprint density at radius 3 is 1.18 bits per heavy atom. The number of hydrogen-bond donors (Lipinski definition) is 0. The van der Waals surface area contributed by atoms with Crippen LogP contribution in [0.4, 0.5) is 0 Å². The van der Waals surface area contributed by atoms with Crippen LogP contribution < -0.4 is 0 Å². The molecule has 45 heavy (non-hydrogen) atoms. The van der Waals surface area contributed by atoms with Crippen molar-refractivity contribution in [1.82, 2.24) is 0 Å². The first-order chi connectivity index (χ1) is 21.3. The second kappa shape index (κ2) is 20.4. The third-order valence-electron chi connectivity index (χ3n) is 9.92. The van der Waals surface area contributed by atoms with Crippen LogP contribution in [-0.2, 0) is 33.3 Å². The molecule has 0 aromatic heterocycles. The van der Waals surface area contributed by atoms with Crippen LogP contribution in [0.2, 0.25) is 0 Å². The minimum absolute atomic E-state index is 0. The van der Waals surface area contributed by atoms with Gasteiger partial charge in [0.1, 0.15) is 0 Å². The van der Waals surface area contributed by atoms with Gasteiger partial charge in [-0.15, -0.1) is 0 Å². The maximum absolute atomic E-state index is 12.2. The van der Waals surface area contributed by atoms with Gasteiger partial charge >= 0.3 is 0 Å². The largest absolute Gasteiger partial charge is 1.00 e. The Morgan fingerprint density at radius 2 is 0.778 bits per heavy atom. The van der Waals surface area contributed by atoms with Crippen LogP contribution in [0.15, 0.2) is 35.4 Å². The summed E-state index contributed by atoms with van der Waals surface area (Å²) in [7, 11) is 0. The summed E-state index contributed by atoms with van der Waals surface area (Å²) in [6, 6.07) is 9.44. The number of allylic oxidation sites excluding steroid dienone is 2. The minimum atomic E-state index is 0. The number of rotatable bonds is 20. The Morgan fingerprint density at radius 1 is 0.467 bits per heavy atom. The molecule has 0 saturated heterocycles. The molecule has 1 heterocycles. The van der Waals surface area contributed by atoms with E-state index in [1.807, 2.05) is 0 Å². The molecule has 1 aliphatic heterocycles. The van der Waals surface area contributed by atoms with Crippen molar-refractivity contribution in [2.75, 3.05) is 0 Å². The molecule has 256 valence electrons. The normalized spacial score (nSPS) is 13.3. The summed E-state index contributed by atoms with van der Waals surface area (Å²) in [5, 5.41) is 0. The van der Waals surface area contributed by atoms with Crippen LogP contribution in [-0.4, -0.2) is 4.70 Å². The van der Waals surface area contributed by atoms with Gasteiger partial charge in [-0.1, -0.05) is 91.9 Å². The predicted molar refractivity (Wildman–Crippen MR) is 195 cm³/mol. The molecule has 0 radical (unpaired) electrons. The van der Waals surface area contributed by atoms with Gasteiger partial charge < -0.3 is 8.38 Å². The van der Waals surface area contributed by atoms with Crippen LogP contribution >= 0.6 is 0 Å². The van der Waals surface area contributed by atoms with Crippen molar-refractivity contribution in [3.05, 3.63) is 85.5 Å². The molecular formula is C42H66N2Pd-2. The fourth-order valence-corrected chi connectivity index (χ4v) is 7.37. The van der Waals surface area contributed by atoms with Gasteiger partial charge in [0.15, 0.2) is 0 Å². The van der Waals surface area contributed by atoms with E-state index in [1.54, 1.807) is 4.70 Å². The van der Waals surface area contributed by atoms with E-state index in [2.05, 4.69) is 79.7 Å². The molecule has 0 saturated carbocycles. The van der Waals surface area contributed by atoms with E-state index in [1.165, 1.54) is 133 Å². The number of benzene rings is 2. The Labute approximate surface area is 294 Å². The Hall–Kier alpha value is -1.82. The van der Waals surface area contributed by atoms with E-state index in [-0.39, 0.29) is 23.3 Å². The Bertz CT molecular complexity index is 1280. The molecule has 0 fully saturated rings. The van der Waals surface area contributed by atoms with Crippen molar-refractivity contribution in [1.29, 1.82) is 0 Å². The van der Waals surface area contributed by atoms with E-state index in [0.717, 1.165) is 49.9 Å². The van der Waals surface area contributed by atoms with E-state index >= 15 is 0 Å². The summed E-state index contributed by atoms with van der Waals surface area (Å²) >= 11 is 0. The van der Waals surface area contributed by atoms with E-state index < -0.39 is 0 Å². The molecule has 2 aromatic rings. The van der Waals surface area contributed by atoms with E-state index in [9.17, 15) is 5.53 Å². The summed E-state index contributed by atoms with van der Waals surface area (Å²) in [5.74, 6) is 0. The maximum Gasteiger partial charge on any atom is 0.211 e. The maximum atomic E-state index is 12.2. The second-order valence-electron chi connectivity index (χ2n) is 13.7. The third-order valence-corrected chi connectivity index (χ3v) is 9.92. The molecule has 0 unspecified atom stereocenters. The minimum Gasteiger partial charge on any atom is -1.00 e. The molecular weight excluding hydrogens is 639 g/mol. The standard InChI is InChI=1S/C42H64N2.Pd.2H/c1-9-13-17-18-19-22-26-40-39(23-16-12-4)41(35-27-31(5)37(32(6)28-35)24-20-14-10-2)44(43)42(40)36-29-33(7)38(34(8)30-36)25-21-15-11-3;;;/h27-30H,9-26H2,1-8H3;;;/q;;2*-1. The van der Waals surface area contributed by atoms with Crippen LogP contribution in [0.3, 0.4) is 0 Å². The molecule has 0 atom stereocenters. The SMILES string of the molecule is CCCCCCCCC1=C(c2cc(C)c(CCCCC)c(C)c2)[N+](=[N-])C(c2cc(C)c(CCCCC)c(C)c2)=C1CCCC.[H-].[H-].[Pd]. The zero-order valence-corrected chi connectivity index (χ0v) is 31.8. The van der Waals surface area contributed by atoms with Crippen molar-refractivity contribution in [2.24, 2.45) is 0 Å². The zero-order valence-electron chi connectivity index (χ0n) is 32.2. The molecule has 3 rings (SSSR count). The fourth-order valence-electron chi connectivity index (χ4n) is 7.37. The topological polar surface area (TPSA) is 25.3 Å². The zero-order chi connectivity index (χ0) is 32.1. The quantitative estimate of drug-likeness (QED) is 0.0745. The smallest absolute Gasteiger partial charge is 0.211 e. The summed E-state index contributed by atoms with van der Waals surface area (Å²) < 4.78 is 1.60. The molecule has 0 amide bonds. The number of unbranched alkanes of at least 4 members (excludes halogenated alkanes) is 10. The monoisotopic (exact) mass is 704 g/mol. The van der Waals surface area contributed by atoms with Crippen LogP contribution in [0.5, 0.6) is 0 Å². The van der Waals surface area contributed by atoms with Gasteiger partial charge in [0.2, 0.25) is 11.4 Å². The van der Waals surface area contributed by atoms with Crippen LogP contribution in [0.1, 0.15) is 178 Å². The van der Waals surface area contributed by atoms with Gasteiger partial charge in [0, 0.05) is 42.7 Å². The molecule has 1 aliphatic rings. The first kappa shape index (κ1) is 39.4. The van der Waals surface area contributed by atoms with Crippen LogP contribution in [0.25, 0.3) is 16.9 Å². The first-order valence-electron chi connectivity index (χ1n) is 18.4. The average Bonchev–Trinajstić information content (AvgIpc) is 3.26. The van der Waals surface area contributed by atoms with Gasteiger partial charge in [-0.3, -0.25) is 0 Å². The molecule has 0 aliphatic carbocycles. The first-order valence-corrected chi connectivity index (χ1v) is 18.4. The van der Waals surface area contributed by atoms with Crippen molar-refractivity contribution in [3.63, 3.8) is 0 Å². The molecule has 0 spiro atoms. The molecule has 0 bridgehead atoms. The van der Waals surface area contributed by atoms with E-state index in [4.69, 9.17) is 0 Å². The molecule has 2 aromatic carbocycles. The Balaban J connectivity index is 0.00000705. The Kier molecular flexibility index (Phi) is 17.9. The van der Waals surface area contributed by atoms with Gasteiger partial charge in [-0.2, -0.15) is 0 Å². The van der Waals surface area contributed by atoms with Gasteiger partial charge in [-0.05, 0) is 137 Å². The average molecular weight is 705 g/mol. The van der Waals surface area contributed by atoms with Crippen molar-refractivity contribution >= 4 is 11.4 Å². The van der Waals surface area contributed by atoms with Crippen molar-refractivity contribution in [2.45, 2.75) is 171 Å². The summed E-state index contributed by atoms with van der Waals surface area (Å²) in [4.78, 5) is 0. The van der Waals surface area contributed by atoms with Crippen LogP contribution in [0, 0.1) is 27.7 Å². The number of aryl methyl sites for hydroxylation is 4. The number of hydrogen-bond acceptors (Lipinski definition) is 0. The molecule has 0 N–H and O–H groups in total. The summed E-state index contributed by atoms with van der Waals surface area (Å²) in [5.41, 5.74) is 27.8. The van der Waals surface area contributed by atoms with E-state index in [0.29, 0.717) is 0 Å². The molecule has 3 heteroatoms. The molecule has 2 nitrogen and oxygen atoms in total. The van der Waals surface area contributed by atoms with Gasteiger partial charge in [0.05, 0.1) is 0 Å². The summed E-state index contributed by atoms with van der Waals surface area (Å²) in [6.45, 7) is 18.2. The fraction of sp³-hybridized carbons (Fsp3) is 0.619. The van der Waals surface area contributed by atoms with Crippen molar-refractivity contribution in [3.8, 4) is 0 Å². The summed E-state index contributed by atoms with van der Waals surface area (Å²) in [6.07, 6.45) is 21.9. The third kappa shape index (κ3) is 10.6. The van der Waals surface area contributed by atoms with Gasteiger partial charge in [0.25, 0.3) is 0 Å². The van der Waals surface area contributed by atoms with Gasteiger partial charge in [-0.25, -0.2) is 4.70 Å². The predicted octanol–water partition coefficient (Wildman–Crippen LogP) is 13.7. The second-order valence-corrected chi connectivity index (χ2v) is 13.7.